The first-order valence-electron chi connectivity index (χ1n) is 11.9. The molecule has 0 saturated carbocycles. The lowest BCUT2D eigenvalue weighted by atomic mass is 10.1. The fraction of sp³-hybridized carbons (Fsp3) is 0.444. The van der Waals surface area contributed by atoms with E-state index in [1.54, 1.807) is 0 Å². The van der Waals surface area contributed by atoms with Gasteiger partial charge in [0.05, 0.1) is 0 Å². The molecule has 172 valence electrons. The Kier molecular flexibility index (Phi) is 8.71. The Morgan fingerprint density at radius 3 is 2.41 bits per heavy atom. The van der Waals surface area contributed by atoms with Crippen LogP contribution in [0.2, 0.25) is 0 Å². The fourth-order valence-corrected chi connectivity index (χ4v) is 4.49. The summed E-state index contributed by atoms with van der Waals surface area (Å²) in [6.07, 6.45) is 3.38. The summed E-state index contributed by atoms with van der Waals surface area (Å²) in [5.74, 6) is 0. The van der Waals surface area contributed by atoms with Crippen LogP contribution in [0.4, 0.5) is 5.69 Å². The molecule has 0 unspecified atom stereocenters. The van der Waals surface area contributed by atoms with Crippen LogP contribution in [0.1, 0.15) is 43.9 Å². The number of anilines is 1. The number of nitrogens with one attached hydrogen (secondary N) is 1. The number of hydrogen-bond acceptors (Lipinski definition) is 2. The van der Waals surface area contributed by atoms with E-state index in [-0.39, 0.29) is 0 Å². The van der Waals surface area contributed by atoms with Crippen LogP contribution in [0, 0.1) is 13.8 Å². The summed E-state index contributed by atoms with van der Waals surface area (Å²) in [4.78, 5) is 4.80. The maximum atomic E-state index is 5.92. The van der Waals surface area contributed by atoms with Crippen molar-refractivity contribution in [3.8, 4) is 0 Å². The highest BCUT2D eigenvalue weighted by Crippen LogP contribution is 2.23. The highest BCUT2D eigenvalue weighted by molar-refractivity contribution is 7.80. The van der Waals surface area contributed by atoms with E-state index in [2.05, 4.69) is 103 Å². The van der Waals surface area contributed by atoms with Crippen molar-refractivity contribution in [2.45, 2.75) is 54.1 Å². The Morgan fingerprint density at radius 2 is 1.72 bits per heavy atom. The lowest BCUT2D eigenvalue weighted by molar-refractivity contribution is 0.281. The summed E-state index contributed by atoms with van der Waals surface area (Å²) in [7, 11) is 0. The predicted molar refractivity (Wildman–Crippen MR) is 143 cm³/mol. The maximum absolute atomic E-state index is 5.92. The number of fused-ring (bicyclic) bond motifs is 1. The summed E-state index contributed by atoms with van der Waals surface area (Å²) in [5.41, 5.74) is 6.25. The Morgan fingerprint density at radius 1 is 0.969 bits per heavy atom. The molecule has 0 aliphatic rings. The molecule has 0 bridgehead atoms. The van der Waals surface area contributed by atoms with Crippen molar-refractivity contribution in [3.05, 3.63) is 65.4 Å². The number of para-hydroxylation sites is 1. The summed E-state index contributed by atoms with van der Waals surface area (Å²) in [6, 6.07) is 15.1. The van der Waals surface area contributed by atoms with Gasteiger partial charge in [0.25, 0.3) is 0 Å². The first-order chi connectivity index (χ1) is 15.5. The highest BCUT2D eigenvalue weighted by atomic mass is 32.1. The SMILES string of the molecule is CCN(CC)CCCN(Cc1cn(CC)c2ccccc12)C(=S)Nc1ccc(C)c(C)c1. The molecule has 0 saturated heterocycles. The molecule has 1 N–H and O–H groups in total. The monoisotopic (exact) mass is 450 g/mol. The first kappa shape index (κ1) is 24.3. The van der Waals surface area contributed by atoms with Crippen LogP contribution < -0.4 is 5.32 Å². The second-order valence-electron chi connectivity index (χ2n) is 8.49. The van der Waals surface area contributed by atoms with Crippen molar-refractivity contribution in [2.24, 2.45) is 0 Å². The van der Waals surface area contributed by atoms with Gasteiger partial charge < -0.3 is 19.7 Å². The van der Waals surface area contributed by atoms with Gasteiger partial charge in [-0.1, -0.05) is 38.1 Å². The minimum Gasteiger partial charge on any atom is -0.347 e. The Bertz CT molecular complexity index is 1040. The smallest absolute Gasteiger partial charge is 0.173 e. The molecule has 1 heterocycles. The number of rotatable bonds is 10. The minimum atomic E-state index is 0.793. The number of benzene rings is 2. The molecule has 0 aliphatic carbocycles. The van der Waals surface area contributed by atoms with Gasteiger partial charge in [-0.3, -0.25) is 0 Å². The molecule has 0 aliphatic heterocycles. The van der Waals surface area contributed by atoms with E-state index < -0.39 is 0 Å². The topological polar surface area (TPSA) is 23.4 Å². The Labute approximate surface area is 199 Å². The lowest BCUT2D eigenvalue weighted by Crippen LogP contribution is -2.36. The molecule has 0 amide bonds. The zero-order valence-electron chi connectivity index (χ0n) is 20.3. The van der Waals surface area contributed by atoms with Crippen molar-refractivity contribution in [1.82, 2.24) is 14.4 Å². The molecule has 0 spiro atoms. The summed E-state index contributed by atoms with van der Waals surface area (Å²) in [5, 5.41) is 5.61. The van der Waals surface area contributed by atoms with Gasteiger partial charge >= 0.3 is 0 Å². The molecular formula is C27H38N4S. The average molecular weight is 451 g/mol. The molecule has 0 atom stereocenters. The number of nitrogens with zero attached hydrogens (tertiary/aromatic N) is 3. The fourth-order valence-electron chi connectivity index (χ4n) is 4.22. The van der Waals surface area contributed by atoms with Crippen LogP contribution in [-0.2, 0) is 13.1 Å². The summed E-state index contributed by atoms with van der Waals surface area (Å²) >= 11 is 5.92. The zero-order chi connectivity index (χ0) is 23.1. The predicted octanol–water partition coefficient (Wildman–Crippen LogP) is 6.21. The zero-order valence-corrected chi connectivity index (χ0v) is 21.1. The summed E-state index contributed by atoms with van der Waals surface area (Å²) < 4.78 is 2.33. The van der Waals surface area contributed by atoms with Crippen molar-refractivity contribution in [3.63, 3.8) is 0 Å². The highest BCUT2D eigenvalue weighted by Gasteiger charge is 2.15. The third-order valence-electron chi connectivity index (χ3n) is 6.42. The van der Waals surface area contributed by atoms with E-state index >= 15 is 0 Å². The number of aryl methyl sites for hydroxylation is 3. The average Bonchev–Trinajstić information content (AvgIpc) is 3.16. The first-order valence-corrected chi connectivity index (χ1v) is 12.3. The van der Waals surface area contributed by atoms with E-state index in [1.807, 2.05) is 0 Å². The second-order valence-corrected chi connectivity index (χ2v) is 8.88. The Balaban J connectivity index is 1.81. The van der Waals surface area contributed by atoms with Gasteiger partial charge in [-0.2, -0.15) is 0 Å². The molecule has 2 aromatic carbocycles. The quantitative estimate of drug-likeness (QED) is 0.371. The van der Waals surface area contributed by atoms with Crippen LogP contribution in [0.3, 0.4) is 0 Å². The number of thiocarbonyl (C=S) groups is 1. The van der Waals surface area contributed by atoms with E-state index in [0.29, 0.717) is 0 Å². The summed E-state index contributed by atoms with van der Waals surface area (Å²) in [6.45, 7) is 16.9. The van der Waals surface area contributed by atoms with Gasteiger partial charge in [-0.05, 0) is 93.9 Å². The van der Waals surface area contributed by atoms with E-state index in [9.17, 15) is 0 Å². The molecule has 4 nitrogen and oxygen atoms in total. The van der Waals surface area contributed by atoms with Gasteiger partial charge in [-0.25, -0.2) is 0 Å². The van der Waals surface area contributed by atoms with Crippen LogP contribution in [0.5, 0.6) is 0 Å². The van der Waals surface area contributed by atoms with Gasteiger partial charge in [-0.15, -0.1) is 0 Å². The standard InChI is InChI=1S/C27H38N4S/c1-6-29(7-2)16-11-17-31(27(32)28-24-15-14-21(4)22(5)18-24)20-23-19-30(8-3)26-13-10-9-12-25(23)26/h9-10,12-15,18-19H,6-8,11,16-17,20H2,1-5H3,(H,28,32). The van der Waals surface area contributed by atoms with E-state index in [0.717, 1.165) is 56.5 Å². The van der Waals surface area contributed by atoms with Gasteiger partial charge in [0.2, 0.25) is 0 Å². The molecule has 0 fully saturated rings. The number of hydrogen-bond donors (Lipinski definition) is 1. The molecule has 0 radical (unpaired) electrons. The lowest BCUT2D eigenvalue weighted by Gasteiger charge is -2.27. The third kappa shape index (κ3) is 5.90. The molecule has 5 heteroatoms. The molecule has 3 rings (SSSR count). The van der Waals surface area contributed by atoms with Crippen LogP contribution in [-0.4, -0.2) is 45.7 Å². The van der Waals surface area contributed by atoms with E-state index in [1.165, 1.54) is 27.6 Å². The van der Waals surface area contributed by atoms with Gasteiger partial charge in [0.1, 0.15) is 0 Å². The van der Waals surface area contributed by atoms with E-state index in [4.69, 9.17) is 12.2 Å². The van der Waals surface area contributed by atoms with Crippen molar-refractivity contribution in [1.29, 1.82) is 0 Å². The second kappa shape index (κ2) is 11.5. The molecular weight excluding hydrogens is 412 g/mol. The maximum Gasteiger partial charge on any atom is 0.173 e. The normalized spacial score (nSPS) is 11.3. The third-order valence-corrected chi connectivity index (χ3v) is 6.78. The van der Waals surface area contributed by atoms with Crippen molar-refractivity contribution < 1.29 is 0 Å². The van der Waals surface area contributed by atoms with Crippen LogP contribution in [0.25, 0.3) is 10.9 Å². The largest absolute Gasteiger partial charge is 0.347 e. The van der Waals surface area contributed by atoms with Gasteiger partial charge in [0.15, 0.2) is 5.11 Å². The number of aromatic nitrogens is 1. The van der Waals surface area contributed by atoms with Crippen LogP contribution >= 0.6 is 12.2 Å². The van der Waals surface area contributed by atoms with Crippen molar-refractivity contribution >= 4 is 33.9 Å². The van der Waals surface area contributed by atoms with Crippen LogP contribution in [0.15, 0.2) is 48.7 Å². The van der Waals surface area contributed by atoms with Gasteiger partial charge in [0, 0.05) is 42.4 Å². The Hall–Kier alpha value is -2.37. The molecule has 3 aromatic rings. The van der Waals surface area contributed by atoms with Crippen molar-refractivity contribution in [2.75, 3.05) is 31.5 Å². The molecule has 1 aromatic heterocycles. The molecule has 32 heavy (non-hydrogen) atoms. The minimum absolute atomic E-state index is 0.793.